The van der Waals surface area contributed by atoms with Crippen molar-refractivity contribution < 1.29 is 9.30 Å². The largest absolute Gasteiger partial charge is 0.458 e. The van der Waals surface area contributed by atoms with E-state index in [0.717, 1.165) is 72.8 Å². The summed E-state index contributed by atoms with van der Waals surface area (Å²) in [6.07, 6.45) is 5.53. The molecule has 0 aliphatic heterocycles. The van der Waals surface area contributed by atoms with Crippen molar-refractivity contribution in [2.75, 3.05) is 0 Å². The van der Waals surface area contributed by atoms with Gasteiger partial charge in [0.2, 0.25) is 0 Å². The first-order valence-corrected chi connectivity index (χ1v) is 19.4. The van der Waals surface area contributed by atoms with Crippen molar-refractivity contribution in [3.05, 3.63) is 200 Å². The van der Waals surface area contributed by atoms with E-state index in [1.165, 1.54) is 16.5 Å². The van der Waals surface area contributed by atoms with E-state index in [2.05, 4.69) is 205 Å². The number of benzene rings is 7. The van der Waals surface area contributed by atoms with Crippen LogP contribution in [0.4, 0.5) is 0 Å². The van der Waals surface area contributed by atoms with Crippen LogP contribution in [0, 0.1) is 6.33 Å². The summed E-state index contributed by atoms with van der Waals surface area (Å²) in [4.78, 5) is 5.02. The third-order valence-electron chi connectivity index (χ3n) is 10.8. The minimum Gasteiger partial charge on any atom is -0.458 e. The summed E-state index contributed by atoms with van der Waals surface area (Å²) in [6.45, 7) is 6.73. The molecular formula is C52H40N4O. The first-order chi connectivity index (χ1) is 27.9. The average Bonchev–Trinajstić information content (AvgIpc) is 3.80. The summed E-state index contributed by atoms with van der Waals surface area (Å²) < 4.78 is 13.3. The van der Waals surface area contributed by atoms with Gasteiger partial charge in [0, 0.05) is 23.0 Å². The van der Waals surface area contributed by atoms with Crippen molar-refractivity contribution in [1.82, 2.24) is 14.1 Å². The fraction of sp³-hybridized carbons (Fsp3) is 0.0769. The molecule has 5 heteroatoms. The molecule has 10 rings (SSSR count). The molecule has 0 saturated carbocycles. The molecule has 10 aromatic rings. The van der Waals surface area contributed by atoms with Gasteiger partial charge in [-0.15, -0.1) is 0 Å². The zero-order valence-electron chi connectivity index (χ0n) is 32.1. The van der Waals surface area contributed by atoms with Crippen molar-refractivity contribution >= 4 is 32.8 Å². The van der Waals surface area contributed by atoms with E-state index < -0.39 is 0 Å². The maximum atomic E-state index is 6.76. The molecule has 0 amide bonds. The van der Waals surface area contributed by atoms with Crippen LogP contribution >= 0.6 is 0 Å². The van der Waals surface area contributed by atoms with Crippen LogP contribution in [-0.4, -0.2) is 14.1 Å². The molecule has 5 nitrogen and oxygen atoms in total. The van der Waals surface area contributed by atoms with Crippen molar-refractivity contribution in [1.29, 1.82) is 0 Å². The van der Waals surface area contributed by atoms with Gasteiger partial charge in [-0.3, -0.25) is 13.7 Å². The Morgan fingerprint density at radius 1 is 0.561 bits per heavy atom. The van der Waals surface area contributed by atoms with Gasteiger partial charge >= 0.3 is 0 Å². The molecule has 0 atom stereocenters. The number of imidazole rings is 1. The lowest BCUT2D eigenvalue weighted by molar-refractivity contribution is -0.572. The molecule has 0 aliphatic carbocycles. The number of ether oxygens (including phenoxy) is 1. The van der Waals surface area contributed by atoms with E-state index in [0.29, 0.717) is 0 Å². The molecule has 57 heavy (non-hydrogen) atoms. The standard InChI is InChI=1S/C52H40N4O/c1-52(2,3)39-28-29-53-50(32-39)56-48-34-43(26-27-44(48)51-45(37-18-9-5-10-19-37)30-38(31-49(51)56)36-16-7-4-8-17-36)57-42-23-15-22-41(33-42)55-35-54(40-20-11-6-12-21-40)46-24-13-14-25-47(46)55/h4-34H,1-3H3. The van der Waals surface area contributed by atoms with E-state index in [9.17, 15) is 0 Å². The van der Waals surface area contributed by atoms with Crippen LogP contribution in [0.3, 0.4) is 0 Å². The third kappa shape index (κ3) is 6.24. The smallest absolute Gasteiger partial charge is 0.269 e. The Morgan fingerprint density at radius 2 is 1.26 bits per heavy atom. The minimum atomic E-state index is -0.0526. The highest BCUT2D eigenvalue weighted by Gasteiger charge is 2.22. The van der Waals surface area contributed by atoms with Gasteiger partial charge in [-0.05, 0) is 100.0 Å². The zero-order valence-corrected chi connectivity index (χ0v) is 32.1. The van der Waals surface area contributed by atoms with Gasteiger partial charge in [-0.1, -0.05) is 130 Å². The summed E-state index contributed by atoms with van der Waals surface area (Å²) in [5, 5.41) is 2.31. The predicted molar refractivity (Wildman–Crippen MR) is 232 cm³/mol. The molecule has 0 fully saturated rings. The Hall–Kier alpha value is -7.24. The Morgan fingerprint density at radius 3 is 2.04 bits per heavy atom. The number of para-hydroxylation sites is 3. The second-order valence-corrected chi connectivity index (χ2v) is 15.5. The molecule has 0 radical (unpaired) electrons. The number of rotatable bonds is 7. The van der Waals surface area contributed by atoms with Gasteiger partial charge in [0.05, 0.1) is 33.4 Å². The summed E-state index contributed by atoms with van der Waals surface area (Å²) >= 11 is 0. The van der Waals surface area contributed by atoms with E-state index >= 15 is 0 Å². The fourth-order valence-electron chi connectivity index (χ4n) is 7.93. The number of fused-ring (bicyclic) bond motifs is 4. The Bertz CT molecular complexity index is 3070. The van der Waals surface area contributed by atoms with Crippen LogP contribution in [-0.2, 0) is 5.41 Å². The molecule has 0 unspecified atom stereocenters. The molecule has 0 bridgehead atoms. The first-order valence-electron chi connectivity index (χ1n) is 19.4. The highest BCUT2D eigenvalue weighted by Crippen LogP contribution is 2.43. The topological polar surface area (TPSA) is 35.9 Å². The normalized spacial score (nSPS) is 11.8. The maximum absolute atomic E-state index is 6.76. The van der Waals surface area contributed by atoms with Crippen LogP contribution in [0.5, 0.6) is 11.5 Å². The SMILES string of the molecule is CC(C)(C)c1ccnc(-n2c3cc(Oc4cccc(-n5[c-][n+](-c6ccccc6)c6ccccc65)c4)ccc3c3c(-c4ccccc4)cc(-c4ccccc4)cc32)c1. The lowest BCUT2D eigenvalue weighted by Gasteiger charge is -2.20. The van der Waals surface area contributed by atoms with Gasteiger partial charge in [-0.2, -0.15) is 0 Å². The van der Waals surface area contributed by atoms with Crippen LogP contribution in [0.15, 0.2) is 188 Å². The lowest BCUT2D eigenvalue weighted by atomic mass is 9.88. The summed E-state index contributed by atoms with van der Waals surface area (Å²) in [7, 11) is 0. The molecule has 0 saturated heterocycles. The van der Waals surface area contributed by atoms with Gasteiger partial charge in [0.15, 0.2) is 0 Å². The average molecular weight is 737 g/mol. The summed E-state index contributed by atoms with van der Waals surface area (Å²) in [6, 6.07) is 63.7. The Kier molecular flexibility index (Phi) is 8.30. The third-order valence-corrected chi connectivity index (χ3v) is 10.8. The zero-order chi connectivity index (χ0) is 38.5. The highest BCUT2D eigenvalue weighted by molar-refractivity contribution is 6.17. The Balaban J connectivity index is 1.15. The predicted octanol–water partition coefficient (Wildman–Crippen LogP) is 12.6. The molecule has 3 heterocycles. The van der Waals surface area contributed by atoms with Crippen molar-refractivity contribution in [2.24, 2.45) is 0 Å². The Labute approximate surface area is 332 Å². The number of pyridine rings is 1. The molecule has 0 aliphatic rings. The van der Waals surface area contributed by atoms with Gasteiger partial charge in [-0.25, -0.2) is 4.98 Å². The number of aromatic nitrogens is 4. The number of hydrogen-bond acceptors (Lipinski definition) is 2. The molecule has 0 N–H and O–H groups in total. The van der Waals surface area contributed by atoms with Crippen molar-refractivity contribution in [2.45, 2.75) is 26.2 Å². The van der Waals surface area contributed by atoms with Crippen LogP contribution in [0.25, 0.3) is 72.3 Å². The maximum Gasteiger partial charge on any atom is 0.269 e. The first kappa shape index (κ1) is 34.3. The second-order valence-electron chi connectivity index (χ2n) is 15.5. The fourth-order valence-corrected chi connectivity index (χ4v) is 7.93. The lowest BCUT2D eigenvalue weighted by Crippen LogP contribution is -2.29. The van der Waals surface area contributed by atoms with Gasteiger partial charge < -0.3 is 4.74 Å². The van der Waals surface area contributed by atoms with Crippen LogP contribution in [0.2, 0.25) is 0 Å². The quantitative estimate of drug-likeness (QED) is 0.121. The van der Waals surface area contributed by atoms with Crippen molar-refractivity contribution in [3.63, 3.8) is 0 Å². The van der Waals surface area contributed by atoms with E-state index in [-0.39, 0.29) is 5.41 Å². The van der Waals surface area contributed by atoms with E-state index in [1.54, 1.807) is 0 Å². The summed E-state index contributed by atoms with van der Waals surface area (Å²) in [5.74, 6) is 2.34. The van der Waals surface area contributed by atoms with E-state index in [1.807, 2.05) is 24.4 Å². The molecule has 7 aromatic carbocycles. The van der Waals surface area contributed by atoms with Gasteiger partial charge in [0.25, 0.3) is 6.33 Å². The molecule has 0 spiro atoms. The summed E-state index contributed by atoms with van der Waals surface area (Å²) in [5.41, 5.74) is 12.1. The van der Waals surface area contributed by atoms with Gasteiger partial charge in [0.1, 0.15) is 17.3 Å². The number of hydrogen-bond donors (Lipinski definition) is 0. The highest BCUT2D eigenvalue weighted by atomic mass is 16.5. The second kappa shape index (κ2) is 13.8. The minimum absolute atomic E-state index is 0.0526. The number of nitrogens with zero attached hydrogens (tertiary/aromatic N) is 4. The van der Waals surface area contributed by atoms with Crippen molar-refractivity contribution in [3.8, 4) is 50.9 Å². The monoisotopic (exact) mass is 736 g/mol. The van der Waals surface area contributed by atoms with E-state index in [4.69, 9.17) is 9.72 Å². The molecular weight excluding hydrogens is 697 g/mol. The van der Waals surface area contributed by atoms with Crippen LogP contribution in [0.1, 0.15) is 26.3 Å². The molecule has 274 valence electrons. The van der Waals surface area contributed by atoms with Crippen LogP contribution < -0.4 is 9.30 Å². The molecule has 3 aromatic heterocycles.